The van der Waals surface area contributed by atoms with Gasteiger partial charge in [-0.05, 0) is 24.7 Å². The minimum Gasteiger partial charge on any atom is -0.396 e. The fourth-order valence-electron chi connectivity index (χ4n) is 2.67. The third-order valence-electron chi connectivity index (χ3n) is 3.79. The summed E-state index contributed by atoms with van der Waals surface area (Å²) in [5.74, 6) is 0.673. The highest BCUT2D eigenvalue weighted by Crippen LogP contribution is 2.32. The van der Waals surface area contributed by atoms with Crippen LogP contribution in [0.25, 0.3) is 0 Å². The highest BCUT2D eigenvalue weighted by molar-refractivity contribution is 6.31. The van der Waals surface area contributed by atoms with E-state index in [-0.39, 0.29) is 29.2 Å². The number of rotatable bonds is 5. The van der Waals surface area contributed by atoms with E-state index in [2.05, 4.69) is 15.3 Å². The number of aromatic nitrogens is 2. The third kappa shape index (κ3) is 3.34. The largest absolute Gasteiger partial charge is 0.396 e. The summed E-state index contributed by atoms with van der Waals surface area (Å²) in [6, 6.07) is 0. The van der Waals surface area contributed by atoms with Crippen LogP contribution >= 0.6 is 11.6 Å². The normalized spacial score (nSPS) is 22.5. The van der Waals surface area contributed by atoms with E-state index in [4.69, 9.17) is 11.6 Å². The second-order valence-electron chi connectivity index (χ2n) is 4.99. The molecule has 1 aliphatic carbocycles. The Morgan fingerprint density at radius 3 is 2.75 bits per heavy atom. The number of nitrogens with one attached hydrogen (secondary N) is 1. The Morgan fingerprint density at radius 1 is 1.40 bits per heavy atom. The molecule has 2 atom stereocenters. The van der Waals surface area contributed by atoms with Crippen LogP contribution in [0, 0.1) is 22.0 Å². The SMILES string of the molecule is O=[N+]([O-])c1c(Cl)ncnc1NCC1CCCCC1CO. The minimum absolute atomic E-state index is 0.136. The number of aliphatic hydroxyl groups is 1. The van der Waals surface area contributed by atoms with Crippen molar-refractivity contribution in [3.8, 4) is 0 Å². The first kappa shape index (κ1) is 14.9. The Hall–Kier alpha value is -1.47. The third-order valence-corrected chi connectivity index (χ3v) is 4.07. The van der Waals surface area contributed by atoms with Gasteiger partial charge in [0.05, 0.1) is 4.92 Å². The molecule has 1 saturated carbocycles. The van der Waals surface area contributed by atoms with Gasteiger partial charge < -0.3 is 10.4 Å². The first-order chi connectivity index (χ1) is 9.63. The molecule has 0 amide bonds. The molecule has 0 aliphatic heterocycles. The molecule has 1 aliphatic rings. The molecule has 0 bridgehead atoms. The van der Waals surface area contributed by atoms with E-state index in [0.29, 0.717) is 12.5 Å². The highest BCUT2D eigenvalue weighted by atomic mass is 35.5. The monoisotopic (exact) mass is 300 g/mol. The minimum atomic E-state index is -0.588. The molecule has 20 heavy (non-hydrogen) atoms. The summed E-state index contributed by atoms with van der Waals surface area (Å²) in [6.07, 6.45) is 5.44. The first-order valence-electron chi connectivity index (χ1n) is 6.63. The van der Waals surface area contributed by atoms with Crippen LogP contribution in [0.4, 0.5) is 11.5 Å². The van der Waals surface area contributed by atoms with E-state index in [9.17, 15) is 15.2 Å². The van der Waals surface area contributed by atoms with E-state index >= 15 is 0 Å². The quantitative estimate of drug-likeness (QED) is 0.491. The van der Waals surface area contributed by atoms with Gasteiger partial charge in [-0.15, -0.1) is 0 Å². The van der Waals surface area contributed by atoms with Crippen molar-refractivity contribution in [1.29, 1.82) is 0 Å². The molecule has 8 heteroatoms. The predicted molar refractivity (Wildman–Crippen MR) is 74.7 cm³/mol. The molecule has 1 heterocycles. The van der Waals surface area contributed by atoms with Gasteiger partial charge in [0.2, 0.25) is 11.0 Å². The van der Waals surface area contributed by atoms with E-state index in [1.165, 1.54) is 6.33 Å². The number of anilines is 1. The van der Waals surface area contributed by atoms with Crippen LogP contribution in [-0.2, 0) is 0 Å². The van der Waals surface area contributed by atoms with Crippen LogP contribution in [0.1, 0.15) is 25.7 Å². The van der Waals surface area contributed by atoms with Crippen molar-refractivity contribution in [3.63, 3.8) is 0 Å². The number of halogens is 1. The van der Waals surface area contributed by atoms with E-state index in [1.807, 2.05) is 0 Å². The maximum absolute atomic E-state index is 11.0. The molecular formula is C12H17ClN4O3. The second-order valence-corrected chi connectivity index (χ2v) is 5.34. The summed E-state index contributed by atoms with van der Waals surface area (Å²) in [7, 11) is 0. The predicted octanol–water partition coefficient (Wildman–Crippen LogP) is 2.25. The maximum Gasteiger partial charge on any atom is 0.348 e. The lowest BCUT2D eigenvalue weighted by Gasteiger charge is -2.30. The lowest BCUT2D eigenvalue weighted by molar-refractivity contribution is -0.384. The van der Waals surface area contributed by atoms with Gasteiger partial charge in [-0.2, -0.15) is 0 Å². The maximum atomic E-state index is 11.0. The molecule has 2 rings (SSSR count). The van der Waals surface area contributed by atoms with Crippen molar-refractivity contribution in [2.24, 2.45) is 11.8 Å². The average molecular weight is 301 g/mol. The Bertz CT molecular complexity index is 486. The highest BCUT2D eigenvalue weighted by Gasteiger charge is 2.26. The van der Waals surface area contributed by atoms with Gasteiger partial charge in [0, 0.05) is 13.2 Å². The Labute approximate surface area is 121 Å². The molecule has 2 N–H and O–H groups in total. The number of nitrogens with zero attached hydrogens (tertiary/aromatic N) is 3. The van der Waals surface area contributed by atoms with Crippen molar-refractivity contribution in [1.82, 2.24) is 9.97 Å². The zero-order valence-corrected chi connectivity index (χ0v) is 11.7. The van der Waals surface area contributed by atoms with Crippen LogP contribution in [-0.4, -0.2) is 33.1 Å². The number of nitro groups is 1. The molecular weight excluding hydrogens is 284 g/mol. The van der Waals surface area contributed by atoms with Crippen molar-refractivity contribution in [2.75, 3.05) is 18.5 Å². The first-order valence-corrected chi connectivity index (χ1v) is 7.01. The summed E-state index contributed by atoms with van der Waals surface area (Å²) in [6.45, 7) is 0.693. The summed E-state index contributed by atoms with van der Waals surface area (Å²) >= 11 is 5.73. The van der Waals surface area contributed by atoms with E-state index in [1.54, 1.807) is 0 Å². The molecule has 110 valence electrons. The fourth-order valence-corrected chi connectivity index (χ4v) is 2.87. The van der Waals surface area contributed by atoms with Crippen LogP contribution in [0.3, 0.4) is 0 Å². The van der Waals surface area contributed by atoms with Crippen molar-refractivity contribution >= 4 is 23.1 Å². The summed E-state index contributed by atoms with van der Waals surface area (Å²) in [5.41, 5.74) is -0.300. The van der Waals surface area contributed by atoms with E-state index < -0.39 is 4.92 Å². The molecule has 1 aromatic heterocycles. The standard InChI is InChI=1S/C12H17ClN4O3/c13-11-10(17(19)20)12(16-7-15-11)14-5-8-3-1-2-4-9(8)6-18/h7-9,18H,1-6H2,(H,14,15,16). The van der Waals surface area contributed by atoms with Gasteiger partial charge in [-0.25, -0.2) is 9.97 Å². The number of hydrogen-bond donors (Lipinski definition) is 2. The van der Waals surface area contributed by atoms with Gasteiger partial charge in [-0.1, -0.05) is 24.4 Å². The van der Waals surface area contributed by atoms with Gasteiger partial charge in [0.1, 0.15) is 6.33 Å². The van der Waals surface area contributed by atoms with Crippen LogP contribution in [0.2, 0.25) is 5.15 Å². The summed E-state index contributed by atoms with van der Waals surface area (Å²) in [5, 5.41) is 23.1. The molecule has 0 aromatic carbocycles. The zero-order valence-electron chi connectivity index (χ0n) is 11.0. The zero-order chi connectivity index (χ0) is 14.5. The number of hydrogen-bond acceptors (Lipinski definition) is 6. The van der Waals surface area contributed by atoms with Gasteiger partial charge in [-0.3, -0.25) is 10.1 Å². The van der Waals surface area contributed by atoms with Crippen LogP contribution < -0.4 is 5.32 Å². The molecule has 1 aromatic rings. The van der Waals surface area contributed by atoms with Crippen LogP contribution in [0.15, 0.2) is 6.33 Å². The molecule has 7 nitrogen and oxygen atoms in total. The number of aliphatic hydroxyl groups excluding tert-OH is 1. The fraction of sp³-hybridized carbons (Fsp3) is 0.667. The summed E-state index contributed by atoms with van der Waals surface area (Å²) < 4.78 is 0. The lowest BCUT2D eigenvalue weighted by Crippen LogP contribution is -2.29. The lowest BCUT2D eigenvalue weighted by atomic mass is 9.79. The topological polar surface area (TPSA) is 101 Å². The van der Waals surface area contributed by atoms with Gasteiger partial charge in [0.25, 0.3) is 0 Å². The van der Waals surface area contributed by atoms with Crippen LogP contribution in [0.5, 0.6) is 0 Å². The van der Waals surface area contributed by atoms with E-state index in [0.717, 1.165) is 25.7 Å². The molecule has 1 fully saturated rings. The van der Waals surface area contributed by atoms with Crippen molar-refractivity contribution in [2.45, 2.75) is 25.7 Å². The molecule has 2 unspecified atom stereocenters. The average Bonchev–Trinajstić information content (AvgIpc) is 2.45. The molecule has 0 saturated heterocycles. The Kier molecular flexibility index (Phi) is 5.08. The van der Waals surface area contributed by atoms with Gasteiger partial charge >= 0.3 is 5.69 Å². The molecule has 0 spiro atoms. The molecule has 0 radical (unpaired) electrons. The van der Waals surface area contributed by atoms with Gasteiger partial charge in [0.15, 0.2) is 0 Å². The Balaban J connectivity index is 2.07. The van der Waals surface area contributed by atoms with Crippen molar-refractivity contribution < 1.29 is 10.0 Å². The Morgan fingerprint density at radius 2 is 2.10 bits per heavy atom. The summed E-state index contributed by atoms with van der Waals surface area (Å²) in [4.78, 5) is 17.9. The van der Waals surface area contributed by atoms with Crippen molar-refractivity contribution in [3.05, 3.63) is 21.6 Å². The second kappa shape index (κ2) is 6.81. The smallest absolute Gasteiger partial charge is 0.348 e.